The van der Waals surface area contributed by atoms with Crippen LogP contribution in [0.3, 0.4) is 0 Å². The summed E-state index contributed by atoms with van der Waals surface area (Å²) in [5.74, 6) is -1.19. The molecule has 0 aliphatic carbocycles. The standard InChI is InChI=1S/C12H17F2NO/c1-15(2)7-6-9(16)8-10-11(13)4-3-5-12(10)14/h3-5,9,16H,6-8H2,1-2H3. The van der Waals surface area contributed by atoms with Crippen molar-refractivity contribution in [1.82, 2.24) is 4.90 Å². The zero-order valence-corrected chi connectivity index (χ0v) is 9.58. The van der Waals surface area contributed by atoms with E-state index in [4.69, 9.17) is 0 Å². The van der Waals surface area contributed by atoms with E-state index in [1.807, 2.05) is 19.0 Å². The normalized spacial score (nSPS) is 13.1. The van der Waals surface area contributed by atoms with Gasteiger partial charge < -0.3 is 10.0 Å². The maximum atomic E-state index is 13.2. The monoisotopic (exact) mass is 229 g/mol. The Bertz CT molecular complexity index is 322. The second-order valence-electron chi connectivity index (χ2n) is 4.15. The van der Waals surface area contributed by atoms with E-state index in [1.165, 1.54) is 18.2 Å². The number of rotatable bonds is 5. The summed E-state index contributed by atoms with van der Waals surface area (Å²) in [6.07, 6.45) is -0.193. The van der Waals surface area contributed by atoms with Crippen molar-refractivity contribution in [2.75, 3.05) is 20.6 Å². The molecule has 0 heterocycles. The Morgan fingerprint density at radius 1 is 1.25 bits per heavy atom. The Labute approximate surface area is 94.5 Å². The largest absolute Gasteiger partial charge is 0.393 e. The fraction of sp³-hybridized carbons (Fsp3) is 0.500. The van der Waals surface area contributed by atoms with Gasteiger partial charge in [0, 0.05) is 12.0 Å². The molecule has 0 aliphatic heterocycles. The molecule has 0 saturated carbocycles. The van der Waals surface area contributed by atoms with Gasteiger partial charge in [0.2, 0.25) is 0 Å². The third-order valence-corrected chi connectivity index (χ3v) is 2.41. The highest BCUT2D eigenvalue weighted by molar-refractivity contribution is 5.20. The minimum Gasteiger partial charge on any atom is -0.393 e. The van der Waals surface area contributed by atoms with Crippen LogP contribution in [0.25, 0.3) is 0 Å². The summed E-state index contributed by atoms with van der Waals surface area (Å²) in [6.45, 7) is 0.692. The van der Waals surface area contributed by atoms with E-state index in [2.05, 4.69) is 0 Å². The Morgan fingerprint density at radius 2 is 1.81 bits per heavy atom. The summed E-state index contributed by atoms with van der Waals surface area (Å²) in [7, 11) is 3.77. The number of aliphatic hydroxyl groups is 1. The molecular formula is C12H17F2NO. The van der Waals surface area contributed by atoms with Gasteiger partial charge in [-0.1, -0.05) is 6.07 Å². The van der Waals surface area contributed by atoms with E-state index in [1.54, 1.807) is 0 Å². The summed E-state index contributed by atoms with van der Waals surface area (Å²) >= 11 is 0. The lowest BCUT2D eigenvalue weighted by atomic mass is 10.0. The summed E-state index contributed by atoms with van der Waals surface area (Å²) in [4.78, 5) is 1.92. The Kier molecular flexibility index (Phi) is 4.83. The summed E-state index contributed by atoms with van der Waals surface area (Å²) in [5.41, 5.74) is -0.0336. The first kappa shape index (κ1) is 13.1. The van der Waals surface area contributed by atoms with E-state index in [0.29, 0.717) is 13.0 Å². The predicted molar refractivity (Wildman–Crippen MR) is 59.2 cm³/mol. The molecule has 0 bridgehead atoms. The lowest BCUT2D eigenvalue weighted by molar-refractivity contribution is 0.150. The smallest absolute Gasteiger partial charge is 0.129 e. The van der Waals surface area contributed by atoms with Crippen LogP contribution in [-0.2, 0) is 6.42 Å². The van der Waals surface area contributed by atoms with Crippen LogP contribution in [0, 0.1) is 11.6 Å². The predicted octanol–water partition coefficient (Wildman–Crippen LogP) is 1.82. The maximum Gasteiger partial charge on any atom is 0.129 e. The van der Waals surface area contributed by atoms with Gasteiger partial charge in [0.1, 0.15) is 11.6 Å². The van der Waals surface area contributed by atoms with Gasteiger partial charge in [-0.25, -0.2) is 8.78 Å². The molecule has 0 fully saturated rings. The van der Waals surface area contributed by atoms with Crippen molar-refractivity contribution in [2.45, 2.75) is 18.9 Å². The molecule has 0 radical (unpaired) electrons. The molecule has 1 aromatic carbocycles. The third kappa shape index (κ3) is 3.87. The lowest BCUT2D eigenvalue weighted by Gasteiger charge is -2.15. The van der Waals surface area contributed by atoms with Gasteiger partial charge in [-0.05, 0) is 39.2 Å². The zero-order valence-electron chi connectivity index (χ0n) is 9.58. The number of nitrogens with zero attached hydrogens (tertiary/aromatic N) is 1. The molecule has 1 atom stereocenters. The summed E-state index contributed by atoms with van der Waals surface area (Å²) in [5, 5.41) is 9.64. The fourth-order valence-electron chi connectivity index (χ4n) is 1.47. The highest BCUT2D eigenvalue weighted by Gasteiger charge is 2.13. The van der Waals surface area contributed by atoms with Gasteiger partial charge in [0.25, 0.3) is 0 Å². The SMILES string of the molecule is CN(C)CCC(O)Cc1c(F)cccc1F. The molecule has 1 aromatic rings. The molecular weight excluding hydrogens is 212 g/mol. The summed E-state index contributed by atoms with van der Waals surface area (Å²) in [6, 6.07) is 3.73. The molecule has 2 nitrogen and oxygen atoms in total. The van der Waals surface area contributed by atoms with Crippen molar-refractivity contribution in [3.05, 3.63) is 35.4 Å². The first-order valence-corrected chi connectivity index (χ1v) is 5.26. The zero-order chi connectivity index (χ0) is 12.1. The number of aliphatic hydroxyl groups excluding tert-OH is 1. The average Bonchev–Trinajstić information content (AvgIpc) is 2.21. The first-order valence-electron chi connectivity index (χ1n) is 5.26. The van der Waals surface area contributed by atoms with Crippen LogP contribution in [0.5, 0.6) is 0 Å². The van der Waals surface area contributed by atoms with Crippen LogP contribution >= 0.6 is 0 Å². The third-order valence-electron chi connectivity index (χ3n) is 2.41. The number of benzene rings is 1. The molecule has 0 aliphatic rings. The quantitative estimate of drug-likeness (QED) is 0.832. The van der Waals surface area contributed by atoms with Gasteiger partial charge in [0.05, 0.1) is 6.10 Å². The highest BCUT2D eigenvalue weighted by atomic mass is 19.1. The van der Waals surface area contributed by atoms with Crippen molar-refractivity contribution in [2.24, 2.45) is 0 Å². The average molecular weight is 229 g/mol. The molecule has 0 saturated heterocycles. The van der Waals surface area contributed by atoms with Crippen molar-refractivity contribution < 1.29 is 13.9 Å². The fourth-order valence-corrected chi connectivity index (χ4v) is 1.47. The van der Waals surface area contributed by atoms with Gasteiger partial charge in [-0.15, -0.1) is 0 Å². The van der Waals surface area contributed by atoms with Gasteiger partial charge in [0.15, 0.2) is 0 Å². The van der Waals surface area contributed by atoms with Gasteiger partial charge >= 0.3 is 0 Å². The van der Waals surface area contributed by atoms with Crippen LogP contribution in [0.15, 0.2) is 18.2 Å². The maximum absolute atomic E-state index is 13.2. The molecule has 0 aromatic heterocycles. The molecule has 4 heteroatoms. The molecule has 1 unspecified atom stereocenters. The second kappa shape index (κ2) is 5.92. The highest BCUT2D eigenvalue weighted by Crippen LogP contribution is 2.15. The first-order chi connectivity index (χ1) is 7.50. The number of hydrogen-bond acceptors (Lipinski definition) is 2. The van der Waals surface area contributed by atoms with Crippen molar-refractivity contribution in [1.29, 1.82) is 0 Å². The Morgan fingerprint density at radius 3 is 2.31 bits per heavy atom. The van der Waals surface area contributed by atoms with E-state index >= 15 is 0 Å². The van der Waals surface area contributed by atoms with Crippen LogP contribution in [-0.4, -0.2) is 36.8 Å². The molecule has 0 spiro atoms. The van der Waals surface area contributed by atoms with E-state index < -0.39 is 17.7 Å². The Hall–Kier alpha value is -1.00. The molecule has 16 heavy (non-hydrogen) atoms. The molecule has 90 valence electrons. The van der Waals surface area contributed by atoms with Crippen molar-refractivity contribution in [3.8, 4) is 0 Å². The van der Waals surface area contributed by atoms with Crippen LogP contribution < -0.4 is 0 Å². The van der Waals surface area contributed by atoms with Gasteiger partial charge in [-0.3, -0.25) is 0 Å². The summed E-state index contributed by atoms with van der Waals surface area (Å²) < 4.78 is 26.5. The topological polar surface area (TPSA) is 23.5 Å². The molecule has 1 N–H and O–H groups in total. The number of hydrogen-bond donors (Lipinski definition) is 1. The van der Waals surface area contributed by atoms with Crippen molar-refractivity contribution >= 4 is 0 Å². The van der Waals surface area contributed by atoms with Crippen LogP contribution in [0.1, 0.15) is 12.0 Å². The van der Waals surface area contributed by atoms with E-state index in [9.17, 15) is 13.9 Å². The molecule has 1 rings (SSSR count). The minimum atomic E-state index is -0.714. The van der Waals surface area contributed by atoms with E-state index in [0.717, 1.165) is 0 Å². The minimum absolute atomic E-state index is 0.0202. The molecule has 0 amide bonds. The second-order valence-corrected chi connectivity index (χ2v) is 4.15. The Balaban J connectivity index is 2.59. The van der Waals surface area contributed by atoms with E-state index in [-0.39, 0.29) is 12.0 Å². The lowest BCUT2D eigenvalue weighted by Crippen LogP contribution is -2.21. The number of halogens is 2. The van der Waals surface area contributed by atoms with Gasteiger partial charge in [-0.2, -0.15) is 0 Å². The van der Waals surface area contributed by atoms with Crippen LogP contribution in [0.4, 0.5) is 8.78 Å². The van der Waals surface area contributed by atoms with Crippen molar-refractivity contribution in [3.63, 3.8) is 0 Å². The van der Waals surface area contributed by atoms with Crippen LogP contribution in [0.2, 0.25) is 0 Å².